The number of hydrogen-bond donors (Lipinski definition) is 1. The standard InChI is InChI=1S/C17H22FN3O/c1-2-14-11-15(20-19-14)12-21-8-6-16(7-9-21)22-17-5-3-4-13(18)10-17/h3-5,10-11,16H,2,6-9,12H2,1H3,(H,19,20). The van der Waals surface area contributed by atoms with Gasteiger partial charge in [0, 0.05) is 31.4 Å². The zero-order chi connectivity index (χ0) is 15.4. The summed E-state index contributed by atoms with van der Waals surface area (Å²) in [6.07, 6.45) is 3.06. The number of benzene rings is 1. The summed E-state index contributed by atoms with van der Waals surface area (Å²) in [5.74, 6) is 0.375. The third-order valence-electron chi connectivity index (χ3n) is 4.07. The fraction of sp³-hybridized carbons (Fsp3) is 0.471. The van der Waals surface area contributed by atoms with Gasteiger partial charge in [-0.1, -0.05) is 13.0 Å². The van der Waals surface area contributed by atoms with E-state index in [-0.39, 0.29) is 11.9 Å². The van der Waals surface area contributed by atoms with Crippen molar-refractivity contribution < 1.29 is 9.13 Å². The number of likely N-dealkylation sites (tertiary alicyclic amines) is 1. The molecular weight excluding hydrogens is 281 g/mol. The molecule has 0 atom stereocenters. The van der Waals surface area contributed by atoms with E-state index in [1.54, 1.807) is 6.07 Å². The Kier molecular flexibility index (Phi) is 4.73. The molecule has 1 aliphatic heterocycles. The Hall–Kier alpha value is -1.88. The van der Waals surface area contributed by atoms with E-state index in [0.717, 1.165) is 44.6 Å². The summed E-state index contributed by atoms with van der Waals surface area (Å²) in [6.45, 7) is 4.98. The minimum atomic E-state index is -0.249. The van der Waals surface area contributed by atoms with Crippen LogP contribution in [-0.2, 0) is 13.0 Å². The van der Waals surface area contributed by atoms with Crippen LogP contribution in [0.4, 0.5) is 4.39 Å². The quantitative estimate of drug-likeness (QED) is 0.922. The molecular formula is C17H22FN3O. The van der Waals surface area contributed by atoms with Gasteiger partial charge in [0.15, 0.2) is 0 Å². The van der Waals surface area contributed by atoms with Crippen molar-refractivity contribution in [3.05, 3.63) is 47.5 Å². The van der Waals surface area contributed by atoms with E-state index in [9.17, 15) is 4.39 Å². The SMILES string of the molecule is CCc1cc(CN2CCC(Oc3cccc(F)c3)CC2)[nH]n1. The van der Waals surface area contributed by atoms with E-state index in [0.29, 0.717) is 5.75 Å². The van der Waals surface area contributed by atoms with Crippen LogP contribution in [-0.4, -0.2) is 34.3 Å². The minimum absolute atomic E-state index is 0.172. The average molecular weight is 303 g/mol. The Labute approximate surface area is 130 Å². The molecule has 1 saturated heterocycles. The van der Waals surface area contributed by atoms with Gasteiger partial charge in [-0.15, -0.1) is 0 Å². The van der Waals surface area contributed by atoms with Gasteiger partial charge in [-0.25, -0.2) is 4.39 Å². The van der Waals surface area contributed by atoms with Crippen molar-refractivity contribution in [3.8, 4) is 5.75 Å². The van der Waals surface area contributed by atoms with Crippen molar-refractivity contribution in [1.82, 2.24) is 15.1 Å². The molecule has 1 aromatic carbocycles. The number of H-pyrrole nitrogens is 1. The topological polar surface area (TPSA) is 41.1 Å². The van der Waals surface area contributed by atoms with Crippen LogP contribution in [0.3, 0.4) is 0 Å². The molecule has 0 amide bonds. The molecule has 2 aromatic rings. The van der Waals surface area contributed by atoms with Gasteiger partial charge < -0.3 is 4.74 Å². The second-order valence-corrected chi connectivity index (χ2v) is 5.79. The Morgan fingerprint density at radius 3 is 2.82 bits per heavy atom. The number of aromatic amines is 1. The Morgan fingerprint density at radius 2 is 2.14 bits per heavy atom. The van der Waals surface area contributed by atoms with E-state index in [1.807, 2.05) is 6.07 Å². The number of nitrogens with zero attached hydrogens (tertiary/aromatic N) is 2. The van der Waals surface area contributed by atoms with Gasteiger partial charge >= 0.3 is 0 Å². The first-order valence-electron chi connectivity index (χ1n) is 7.90. The number of hydrogen-bond acceptors (Lipinski definition) is 3. The molecule has 0 unspecified atom stereocenters. The normalized spacial score (nSPS) is 16.8. The van der Waals surface area contributed by atoms with Gasteiger partial charge in [-0.3, -0.25) is 10.00 Å². The molecule has 3 rings (SSSR count). The summed E-state index contributed by atoms with van der Waals surface area (Å²) in [5.41, 5.74) is 2.28. The lowest BCUT2D eigenvalue weighted by Gasteiger charge is -2.31. The number of nitrogens with one attached hydrogen (secondary N) is 1. The highest BCUT2D eigenvalue weighted by molar-refractivity contribution is 5.22. The average Bonchev–Trinajstić information content (AvgIpc) is 2.97. The Bertz CT molecular complexity index is 605. The number of ether oxygens (including phenoxy) is 1. The van der Waals surface area contributed by atoms with Crippen LogP contribution in [0.1, 0.15) is 31.2 Å². The van der Waals surface area contributed by atoms with Crippen molar-refractivity contribution in [2.24, 2.45) is 0 Å². The zero-order valence-electron chi connectivity index (χ0n) is 12.9. The number of rotatable bonds is 5. The van der Waals surface area contributed by atoms with Gasteiger partial charge in [0.25, 0.3) is 0 Å². The molecule has 2 heterocycles. The smallest absolute Gasteiger partial charge is 0.126 e. The highest BCUT2D eigenvalue weighted by Crippen LogP contribution is 2.20. The number of halogens is 1. The van der Waals surface area contributed by atoms with Crippen molar-refractivity contribution in [1.29, 1.82) is 0 Å². The summed E-state index contributed by atoms with van der Waals surface area (Å²) in [5, 5.41) is 7.36. The molecule has 0 spiro atoms. The first-order valence-corrected chi connectivity index (χ1v) is 7.90. The summed E-state index contributed by atoms with van der Waals surface area (Å²) < 4.78 is 19.0. The predicted octanol–water partition coefficient (Wildman–Crippen LogP) is 3.15. The van der Waals surface area contributed by atoms with Gasteiger partial charge in [-0.05, 0) is 37.5 Å². The van der Waals surface area contributed by atoms with Crippen molar-refractivity contribution in [2.45, 2.75) is 38.8 Å². The molecule has 1 aliphatic rings. The van der Waals surface area contributed by atoms with Crippen LogP contribution < -0.4 is 4.74 Å². The Balaban J connectivity index is 1.47. The van der Waals surface area contributed by atoms with Crippen molar-refractivity contribution in [2.75, 3.05) is 13.1 Å². The molecule has 1 N–H and O–H groups in total. The third-order valence-corrected chi connectivity index (χ3v) is 4.07. The molecule has 5 heteroatoms. The Morgan fingerprint density at radius 1 is 1.32 bits per heavy atom. The molecule has 0 aliphatic carbocycles. The summed E-state index contributed by atoms with van der Waals surface area (Å²) in [4.78, 5) is 2.40. The van der Waals surface area contributed by atoms with Crippen LogP contribution in [0.5, 0.6) is 5.75 Å². The van der Waals surface area contributed by atoms with Crippen LogP contribution in [0.25, 0.3) is 0 Å². The van der Waals surface area contributed by atoms with Crippen LogP contribution in [0, 0.1) is 5.82 Å². The maximum atomic E-state index is 13.2. The van der Waals surface area contributed by atoms with Crippen LogP contribution in [0.2, 0.25) is 0 Å². The van der Waals surface area contributed by atoms with Gasteiger partial charge in [0.1, 0.15) is 17.7 Å². The molecule has 1 fully saturated rings. The second-order valence-electron chi connectivity index (χ2n) is 5.79. The van der Waals surface area contributed by atoms with E-state index in [1.165, 1.54) is 17.8 Å². The first-order chi connectivity index (χ1) is 10.7. The zero-order valence-corrected chi connectivity index (χ0v) is 12.9. The number of aryl methyl sites for hydroxylation is 1. The third kappa shape index (κ3) is 3.85. The minimum Gasteiger partial charge on any atom is -0.490 e. The highest BCUT2D eigenvalue weighted by Gasteiger charge is 2.21. The fourth-order valence-electron chi connectivity index (χ4n) is 2.83. The summed E-state index contributed by atoms with van der Waals surface area (Å²) in [7, 11) is 0. The molecule has 0 radical (unpaired) electrons. The number of aromatic nitrogens is 2. The molecule has 22 heavy (non-hydrogen) atoms. The number of piperidine rings is 1. The van der Waals surface area contributed by atoms with Gasteiger partial charge in [0.2, 0.25) is 0 Å². The lowest BCUT2D eigenvalue weighted by molar-refractivity contribution is 0.0958. The van der Waals surface area contributed by atoms with E-state index in [4.69, 9.17) is 4.74 Å². The lowest BCUT2D eigenvalue weighted by atomic mass is 10.1. The second kappa shape index (κ2) is 6.92. The summed E-state index contributed by atoms with van der Waals surface area (Å²) in [6, 6.07) is 8.51. The largest absolute Gasteiger partial charge is 0.490 e. The molecule has 1 aromatic heterocycles. The predicted molar refractivity (Wildman–Crippen MR) is 83.3 cm³/mol. The molecule has 0 saturated carbocycles. The van der Waals surface area contributed by atoms with Crippen LogP contribution in [0.15, 0.2) is 30.3 Å². The monoisotopic (exact) mass is 303 g/mol. The van der Waals surface area contributed by atoms with Crippen molar-refractivity contribution >= 4 is 0 Å². The maximum absolute atomic E-state index is 13.2. The molecule has 0 bridgehead atoms. The first kappa shape index (κ1) is 15.0. The fourth-order valence-corrected chi connectivity index (χ4v) is 2.83. The van der Waals surface area contributed by atoms with E-state index in [2.05, 4.69) is 28.1 Å². The highest BCUT2D eigenvalue weighted by atomic mass is 19.1. The van der Waals surface area contributed by atoms with Gasteiger partial charge in [0.05, 0.1) is 5.69 Å². The lowest BCUT2D eigenvalue weighted by Crippen LogP contribution is -2.37. The maximum Gasteiger partial charge on any atom is 0.126 e. The van der Waals surface area contributed by atoms with E-state index < -0.39 is 0 Å². The van der Waals surface area contributed by atoms with Gasteiger partial charge in [-0.2, -0.15) is 5.10 Å². The molecule has 4 nitrogen and oxygen atoms in total. The molecule has 118 valence electrons. The van der Waals surface area contributed by atoms with Crippen molar-refractivity contribution in [3.63, 3.8) is 0 Å². The van der Waals surface area contributed by atoms with E-state index >= 15 is 0 Å². The summed E-state index contributed by atoms with van der Waals surface area (Å²) >= 11 is 0. The van der Waals surface area contributed by atoms with Crippen LogP contribution >= 0.6 is 0 Å².